The molecule has 0 atom stereocenters. The molecule has 0 spiro atoms. The van der Waals surface area contributed by atoms with Gasteiger partial charge in [0.2, 0.25) is 0 Å². The van der Waals surface area contributed by atoms with Crippen molar-refractivity contribution in [3.8, 4) is 0 Å². The Morgan fingerprint density at radius 2 is 1.75 bits per heavy atom. The van der Waals surface area contributed by atoms with Crippen molar-refractivity contribution in [1.29, 1.82) is 0 Å². The lowest BCUT2D eigenvalue weighted by Crippen LogP contribution is -2.03. The van der Waals surface area contributed by atoms with Crippen LogP contribution in [0.1, 0.15) is 37.8 Å². The zero-order valence-corrected chi connectivity index (χ0v) is 12.7. The van der Waals surface area contributed by atoms with Crippen molar-refractivity contribution in [2.75, 3.05) is 0 Å². The molecule has 2 rings (SSSR count). The normalized spacial score (nSPS) is 11.9. The van der Waals surface area contributed by atoms with Gasteiger partial charge in [0.1, 0.15) is 4.90 Å². The van der Waals surface area contributed by atoms with Gasteiger partial charge in [0, 0.05) is 5.39 Å². The summed E-state index contributed by atoms with van der Waals surface area (Å²) >= 11 is 0. The molecule has 0 radical (unpaired) electrons. The summed E-state index contributed by atoms with van der Waals surface area (Å²) in [6.45, 7) is 4.10. The maximum absolute atomic E-state index is 11.7. The topological polar surface area (TPSA) is 54.4 Å². The van der Waals surface area contributed by atoms with Crippen LogP contribution in [0, 0.1) is 0 Å². The van der Waals surface area contributed by atoms with Crippen molar-refractivity contribution < 1.29 is 13.0 Å². The van der Waals surface area contributed by atoms with Crippen LogP contribution in [0.15, 0.2) is 35.2 Å². The van der Waals surface area contributed by atoms with Gasteiger partial charge in [-0.15, -0.1) is 0 Å². The van der Waals surface area contributed by atoms with Gasteiger partial charge in [0.25, 0.3) is 10.1 Å². The molecule has 0 saturated heterocycles. The molecule has 4 heteroatoms. The Hall–Kier alpha value is -1.39. The van der Waals surface area contributed by atoms with E-state index in [2.05, 4.69) is 6.92 Å². The minimum absolute atomic E-state index is 0.0440. The largest absolute Gasteiger partial charge is 0.295 e. The second kappa shape index (κ2) is 5.94. The Morgan fingerprint density at radius 3 is 2.35 bits per heavy atom. The summed E-state index contributed by atoms with van der Waals surface area (Å²) in [6, 6.07) is 9.41. The fraction of sp³-hybridized carbons (Fsp3) is 0.375. The van der Waals surface area contributed by atoms with Gasteiger partial charge in [-0.1, -0.05) is 51.0 Å². The lowest BCUT2D eigenvalue weighted by molar-refractivity contribution is 0.484. The van der Waals surface area contributed by atoms with E-state index in [1.807, 2.05) is 31.2 Å². The summed E-state index contributed by atoms with van der Waals surface area (Å²) in [6.07, 6.45) is 3.47. The molecule has 0 bridgehead atoms. The zero-order valence-electron chi connectivity index (χ0n) is 11.9. The van der Waals surface area contributed by atoms with Gasteiger partial charge < -0.3 is 0 Å². The standard InChI is InChI=1S/C16H20O3S/c1-3-6-12-10-14-9-5-8-13(7-4-2)16(14)15(11-12)20(17,18)19/h5,8-11H,3-4,6-7H2,1-2H3,(H,17,18,19). The number of hydrogen-bond acceptors (Lipinski definition) is 2. The summed E-state index contributed by atoms with van der Waals surface area (Å²) in [7, 11) is -4.21. The monoisotopic (exact) mass is 292 g/mol. The predicted molar refractivity (Wildman–Crippen MR) is 81.8 cm³/mol. The molecule has 0 unspecified atom stereocenters. The number of aryl methyl sites for hydroxylation is 2. The number of fused-ring (bicyclic) bond motifs is 1. The van der Waals surface area contributed by atoms with E-state index >= 15 is 0 Å². The van der Waals surface area contributed by atoms with E-state index in [-0.39, 0.29) is 4.90 Å². The van der Waals surface area contributed by atoms with Crippen molar-refractivity contribution in [2.24, 2.45) is 0 Å². The summed E-state index contributed by atoms with van der Waals surface area (Å²) < 4.78 is 33.0. The molecule has 0 amide bonds. The van der Waals surface area contributed by atoms with Crippen molar-refractivity contribution in [3.63, 3.8) is 0 Å². The Morgan fingerprint density at radius 1 is 1.05 bits per heavy atom. The van der Waals surface area contributed by atoms with Gasteiger partial charge in [-0.05, 0) is 35.4 Å². The summed E-state index contributed by atoms with van der Waals surface area (Å²) in [4.78, 5) is 0.0440. The minimum Gasteiger partial charge on any atom is -0.282 e. The van der Waals surface area contributed by atoms with Crippen molar-refractivity contribution in [3.05, 3.63) is 41.5 Å². The van der Waals surface area contributed by atoms with Crippen LogP contribution in [0.25, 0.3) is 10.8 Å². The fourth-order valence-corrected chi connectivity index (χ4v) is 3.44. The van der Waals surface area contributed by atoms with Crippen molar-refractivity contribution >= 4 is 20.9 Å². The van der Waals surface area contributed by atoms with Crippen LogP contribution in [0.5, 0.6) is 0 Å². The summed E-state index contributed by atoms with van der Waals surface area (Å²) in [5.41, 5.74) is 1.92. The van der Waals surface area contributed by atoms with E-state index < -0.39 is 10.1 Å². The molecule has 3 nitrogen and oxygen atoms in total. The average molecular weight is 292 g/mol. The van der Waals surface area contributed by atoms with Crippen LogP contribution < -0.4 is 0 Å². The Bertz CT molecular complexity index is 718. The van der Waals surface area contributed by atoms with Crippen LogP contribution in [-0.2, 0) is 23.0 Å². The average Bonchev–Trinajstić information content (AvgIpc) is 2.37. The molecule has 0 aliphatic carbocycles. The minimum atomic E-state index is -4.21. The Labute approximate surface area is 120 Å². The molecule has 0 saturated carbocycles. The molecule has 2 aromatic rings. The van der Waals surface area contributed by atoms with E-state index in [0.29, 0.717) is 5.39 Å². The van der Waals surface area contributed by atoms with Gasteiger partial charge in [-0.25, -0.2) is 0 Å². The van der Waals surface area contributed by atoms with E-state index in [9.17, 15) is 13.0 Å². The molecule has 0 heterocycles. The van der Waals surface area contributed by atoms with Crippen LogP contribution in [-0.4, -0.2) is 13.0 Å². The van der Waals surface area contributed by atoms with E-state index in [0.717, 1.165) is 42.2 Å². The van der Waals surface area contributed by atoms with Gasteiger partial charge in [0.15, 0.2) is 0 Å². The molecule has 20 heavy (non-hydrogen) atoms. The molecule has 0 aliphatic rings. The Balaban J connectivity index is 2.82. The molecule has 0 aromatic heterocycles. The third-order valence-electron chi connectivity index (χ3n) is 3.42. The first kappa shape index (κ1) is 15.0. The van der Waals surface area contributed by atoms with E-state index in [4.69, 9.17) is 0 Å². The summed E-state index contributed by atoms with van der Waals surface area (Å²) in [5, 5.41) is 1.55. The molecule has 0 aliphatic heterocycles. The highest BCUT2D eigenvalue weighted by Gasteiger charge is 2.17. The second-order valence-corrected chi connectivity index (χ2v) is 6.47. The highest BCUT2D eigenvalue weighted by Crippen LogP contribution is 2.29. The maximum atomic E-state index is 11.7. The highest BCUT2D eigenvalue weighted by atomic mass is 32.2. The molecule has 1 N–H and O–H groups in total. The Kier molecular flexibility index (Phi) is 4.45. The van der Waals surface area contributed by atoms with Gasteiger partial charge in [-0.3, -0.25) is 4.55 Å². The molecular formula is C16H20O3S. The summed E-state index contributed by atoms with van der Waals surface area (Å²) in [5.74, 6) is 0. The van der Waals surface area contributed by atoms with Crippen LogP contribution in [0.2, 0.25) is 0 Å². The smallest absolute Gasteiger partial charge is 0.282 e. The van der Waals surface area contributed by atoms with E-state index in [1.165, 1.54) is 0 Å². The molecule has 108 valence electrons. The van der Waals surface area contributed by atoms with Gasteiger partial charge in [0.05, 0.1) is 0 Å². The van der Waals surface area contributed by atoms with Crippen molar-refractivity contribution in [2.45, 2.75) is 44.4 Å². The number of rotatable bonds is 5. The fourth-order valence-electron chi connectivity index (χ4n) is 2.64. The van der Waals surface area contributed by atoms with Gasteiger partial charge >= 0.3 is 0 Å². The maximum Gasteiger partial charge on any atom is 0.295 e. The van der Waals surface area contributed by atoms with E-state index in [1.54, 1.807) is 6.07 Å². The lowest BCUT2D eigenvalue weighted by Gasteiger charge is -2.12. The lowest BCUT2D eigenvalue weighted by atomic mass is 9.98. The first-order valence-corrected chi connectivity index (χ1v) is 8.43. The number of benzene rings is 2. The van der Waals surface area contributed by atoms with Crippen LogP contribution in [0.3, 0.4) is 0 Å². The van der Waals surface area contributed by atoms with Crippen LogP contribution in [0.4, 0.5) is 0 Å². The highest BCUT2D eigenvalue weighted by molar-refractivity contribution is 7.86. The first-order valence-electron chi connectivity index (χ1n) is 6.99. The molecule has 2 aromatic carbocycles. The third-order valence-corrected chi connectivity index (χ3v) is 4.30. The van der Waals surface area contributed by atoms with Crippen LogP contribution >= 0.6 is 0 Å². The zero-order chi connectivity index (χ0) is 14.8. The second-order valence-electron chi connectivity index (χ2n) is 5.08. The quantitative estimate of drug-likeness (QED) is 0.848. The first-order chi connectivity index (χ1) is 9.47. The van der Waals surface area contributed by atoms with Gasteiger partial charge in [-0.2, -0.15) is 8.42 Å². The number of hydrogen-bond donors (Lipinski definition) is 1. The predicted octanol–water partition coefficient (Wildman–Crippen LogP) is 3.99. The molecular weight excluding hydrogens is 272 g/mol. The molecule has 0 fully saturated rings. The van der Waals surface area contributed by atoms with Crippen molar-refractivity contribution in [1.82, 2.24) is 0 Å². The SMILES string of the molecule is CCCc1cc(S(=O)(=O)O)c2c(CCC)cccc2c1. The third kappa shape index (κ3) is 3.02.